The van der Waals surface area contributed by atoms with Gasteiger partial charge in [-0.2, -0.15) is 0 Å². The van der Waals surface area contributed by atoms with E-state index in [1.54, 1.807) is 0 Å². The summed E-state index contributed by atoms with van der Waals surface area (Å²) in [6.07, 6.45) is 5.46. The molecule has 0 saturated heterocycles. The van der Waals surface area contributed by atoms with E-state index in [2.05, 4.69) is 4.90 Å². The van der Waals surface area contributed by atoms with Crippen molar-refractivity contribution in [3.05, 3.63) is 29.8 Å². The predicted octanol–water partition coefficient (Wildman–Crippen LogP) is 2.77. The third kappa shape index (κ3) is 2.39. The molecule has 3 rings (SSSR count). The largest absolute Gasteiger partial charge is 0.391 e. The van der Waals surface area contributed by atoms with E-state index in [0.29, 0.717) is 6.42 Å². The van der Waals surface area contributed by atoms with Gasteiger partial charge < -0.3 is 10.0 Å². The van der Waals surface area contributed by atoms with Gasteiger partial charge in [-0.15, -0.1) is 0 Å². The van der Waals surface area contributed by atoms with Crippen LogP contribution in [0.4, 0.5) is 5.69 Å². The Morgan fingerprint density at radius 2 is 1.89 bits per heavy atom. The molecule has 102 valence electrons. The Labute approximate surface area is 114 Å². The molecular weight excluding hydrogens is 238 g/mol. The Morgan fingerprint density at radius 3 is 2.74 bits per heavy atom. The van der Waals surface area contributed by atoms with Crippen molar-refractivity contribution in [2.75, 3.05) is 11.4 Å². The molecule has 3 heteroatoms. The number of anilines is 1. The van der Waals surface area contributed by atoms with Gasteiger partial charge in [-0.3, -0.25) is 4.79 Å². The van der Waals surface area contributed by atoms with Crippen molar-refractivity contribution in [1.82, 2.24) is 0 Å². The Hall–Kier alpha value is -1.35. The maximum absolute atomic E-state index is 12.1. The third-order valence-corrected chi connectivity index (χ3v) is 4.41. The van der Waals surface area contributed by atoms with E-state index >= 15 is 0 Å². The highest BCUT2D eigenvalue weighted by Gasteiger charge is 2.31. The first-order chi connectivity index (χ1) is 9.27. The number of aliphatic hydroxyl groups is 1. The lowest BCUT2D eigenvalue weighted by atomic mass is 9.90. The summed E-state index contributed by atoms with van der Waals surface area (Å²) in [4.78, 5) is 14.4. The molecule has 1 heterocycles. The standard InChI is InChI=1S/C16H21NO2/c18-15-10-5-11-17(13-7-2-1-6-12(13)15)14-8-3-4-9-16(14)19/h1-2,6-7,14,16,19H,3-5,8-11H2. The predicted molar refractivity (Wildman–Crippen MR) is 75.6 cm³/mol. The van der Waals surface area contributed by atoms with Gasteiger partial charge in [-0.05, 0) is 31.4 Å². The van der Waals surface area contributed by atoms with Crippen LogP contribution >= 0.6 is 0 Å². The van der Waals surface area contributed by atoms with E-state index in [1.165, 1.54) is 6.42 Å². The summed E-state index contributed by atoms with van der Waals surface area (Å²) < 4.78 is 0. The summed E-state index contributed by atoms with van der Waals surface area (Å²) >= 11 is 0. The quantitative estimate of drug-likeness (QED) is 0.843. The van der Waals surface area contributed by atoms with E-state index < -0.39 is 0 Å². The van der Waals surface area contributed by atoms with Crippen molar-refractivity contribution < 1.29 is 9.90 Å². The zero-order valence-corrected chi connectivity index (χ0v) is 11.2. The van der Waals surface area contributed by atoms with Crippen LogP contribution in [0, 0.1) is 0 Å². The van der Waals surface area contributed by atoms with E-state index in [9.17, 15) is 9.90 Å². The van der Waals surface area contributed by atoms with E-state index in [0.717, 1.165) is 43.5 Å². The third-order valence-electron chi connectivity index (χ3n) is 4.41. The summed E-state index contributed by atoms with van der Waals surface area (Å²) in [5, 5.41) is 10.3. The molecule has 2 aliphatic rings. The van der Waals surface area contributed by atoms with E-state index in [1.807, 2.05) is 24.3 Å². The fourth-order valence-corrected chi connectivity index (χ4v) is 3.42. The van der Waals surface area contributed by atoms with Crippen LogP contribution in [0.2, 0.25) is 0 Å². The highest BCUT2D eigenvalue weighted by atomic mass is 16.3. The van der Waals surface area contributed by atoms with Crippen molar-refractivity contribution >= 4 is 11.5 Å². The van der Waals surface area contributed by atoms with Crippen LogP contribution in [-0.4, -0.2) is 29.6 Å². The molecule has 2 unspecified atom stereocenters. The Balaban J connectivity index is 1.96. The number of Topliss-reactive ketones (excluding diaryl/α,β-unsaturated/α-hetero) is 1. The molecule has 0 bridgehead atoms. The lowest BCUT2D eigenvalue weighted by Crippen LogP contribution is -2.46. The Bertz CT molecular complexity index is 472. The number of hydrogen-bond acceptors (Lipinski definition) is 3. The van der Waals surface area contributed by atoms with Gasteiger partial charge in [0.1, 0.15) is 0 Å². The number of carbonyl (C=O) groups excluding carboxylic acids is 1. The van der Waals surface area contributed by atoms with Crippen LogP contribution in [0.1, 0.15) is 48.9 Å². The SMILES string of the molecule is O=C1CCCN(C2CCCCC2O)c2ccccc21. The van der Waals surface area contributed by atoms with E-state index in [-0.39, 0.29) is 17.9 Å². The second kappa shape index (κ2) is 5.33. The average Bonchev–Trinajstić information content (AvgIpc) is 2.60. The Morgan fingerprint density at radius 1 is 1.11 bits per heavy atom. The number of rotatable bonds is 1. The summed E-state index contributed by atoms with van der Waals surface area (Å²) in [7, 11) is 0. The number of para-hydroxylation sites is 1. The highest BCUT2D eigenvalue weighted by Crippen LogP contribution is 2.32. The van der Waals surface area contributed by atoms with E-state index in [4.69, 9.17) is 0 Å². The maximum atomic E-state index is 12.1. The molecule has 0 spiro atoms. The van der Waals surface area contributed by atoms with Crippen molar-refractivity contribution in [2.24, 2.45) is 0 Å². The fraction of sp³-hybridized carbons (Fsp3) is 0.562. The zero-order chi connectivity index (χ0) is 13.2. The van der Waals surface area contributed by atoms with Crippen LogP contribution < -0.4 is 4.90 Å². The highest BCUT2D eigenvalue weighted by molar-refractivity contribution is 6.02. The molecule has 1 aliphatic carbocycles. The lowest BCUT2D eigenvalue weighted by Gasteiger charge is -2.39. The van der Waals surface area contributed by atoms with Crippen molar-refractivity contribution in [3.8, 4) is 0 Å². The van der Waals surface area contributed by atoms with Crippen LogP contribution in [-0.2, 0) is 0 Å². The summed E-state index contributed by atoms with van der Waals surface area (Å²) in [6, 6.07) is 8.04. The normalized spacial score (nSPS) is 27.8. The van der Waals surface area contributed by atoms with Gasteiger partial charge in [0.25, 0.3) is 0 Å². The maximum Gasteiger partial charge on any atom is 0.165 e. The van der Waals surface area contributed by atoms with Gasteiger partial charge in [-0.25, -0.2) is 0 Å². The molecule has 1 aromatic rings. The molecule has 3 nitrogen and oxygen atoms in total. The average molecular weight is 259 g/mol. The molecule has 1 N–H and O–H groups in total. The van der Waals surface area contributed by atoms with Crippen molar-refractivity contribution in [2.45, 2.75) is 50.7 Å². The molecule has 1 aromatic carbocycles. The number of nitrogens with zero attached hydrogens (tertiary/aromatic N) is 1. The molecule has 1 fully saturated rings. The number of aliphatic hydroxyl groups excluding tert-OH is 1. The minimum absolute atomic E-state index is 0.181. The van der Waals surface area contributed by atoms with Crippen LogP contribution in [0.15, 0.2) is 24.3 Å². The molecule has 0 amide bonds. The molecule has 0 aromatic heterocycles. The monoisotopic (exact) mass is 259 g/mol. The van der Waals surface area contributed by atoms with Crippen molar-refractivity contribution in [1.29, 1.82) is 0 Å². The van der Waals surface area contributed by atoms with Crippen LogP contribution in [0.5, 0.6) is 0 Å². The lowest BCUT2D eigenvalue weighted by molar-refractivity contribution is 0.0983. The molecule has 0 radical (unpaired) electrons. The summed E-state index contributed by atoms with van der Waals surface area (Å²) in [5.74, 6) is 0.239. The second-order valence-electron chi connectivity index (χ2n) is 5.66. The number of benzene rings is 1. The molecular formula is C16H21NO2. The van der Waals surface area contributed by atoms with Crippen LogP contribution in [0.25, 0.3) is 0 Å². The van der Waals surface area contributed by atoms with Gasteiger partial charge >= 0.3 is 0 Å². The Kier molecular flexibility index (Phi) is 3.56. The molecule has 1 aliphatic heterocycles. The van der Waals surface area contributed by atoms with Gasteiger partial charge in [-0.1, -0.05) is 25.0 Å². The number of ketones is 1. The summed E-state index contributed by atoms with van der Waals surface area (Å²) in [5.41, 5.74) is 1.86. The van der Waals surface area contributed by atoms with Gasteiger partial charge in [0.05, 0.1) is 12.1 Å². The summed E-state index contributed by atoms with van der Waals surface area (Å²) in [6.45, 7) is 0.879. The topological polar surface area (TPSA) is 40.5 Å². The number of hydrogen-bond donors (Lipinski definition) is 1. The number of carbonyl (C=O) groups is 1. The molecule has 1 saturated carbocycles. The van der Waals surface area contributed by atoms with Crippen LogP contribution in [0.3, 0.4) is 0 Å². The molecule has 2 atom stereocenters. The first-order valence-corrected chi connectivity index (χ1v) is 7.34. The van der Waals surface area contributed by atoms with Gasteiger partial charge in [0, 0.05) is 24.2 Å². The fourth-order valence-electron chi connectivity index (χ4n) is 3.42. The minimum Gasteiger partial charge on any atom is -0.391 e. The van der Waals surface area contributed by atoms with Crippen molar-refractivity contribution in [3.63, 3.8) is 0 Å². The van der Waals surface area contributed by atoms with Gasteiger partial charge in [0.2, 0.25) is 0 Å². The first kappa shape index (κ1) is 12.7. The number of fused-ring (bicyclic) bond motifs is 1. The second-order valence-corrected chi connectivity index (χ2v) is 5.66. The minimum atomic E-state index is -0.255. The van der Waals surface area contributed by atoms with Gasteiger partial charge in [0.15, 0.2) is 5.78 Å². The zero-order valence-electron chi connectivity index (χ0n) is 11.2. The molecule has 19 heavy (non-hydrogen) atoms. The smallest absolute Gasteiger partial charge is 0.165 e. The first-order valence-electron chi connectivity index (χ1n) is 7.34.